The van der Waals surface area contributed by atoms with Gasteiger partial charge < -0.3 is 9.84 Å². The van der Waals surface area contributed by atoms with Gasteiger partial charge in [0.2, 0.25) is 10.0 Å². The molecule has 1 aliphatic rings. The Hall–Kier alpha value is -1.64. The normalized spacial score (nSPS) is 15.2. The van der Waals surface area contributed by atoms with Gasteiger partial charge in [-0.15, -0.1) is 0 Å². The predicted octanol–water partition coefficient (Wildman–Crippen LogP) is 4.92. The van der Waals surface area contributed by atoms with Crippen molar-refractivity contribution in [2.45, 2.75) is 31.2 Å². The Kier molecular flexibility index (Phi) is 7.65. The van der Waals surface area contributed by atoms with Crippen molar-refractivity contribution in [3.8, 4) is 5.75 Å². The van der Waals surface area contributed by atoms with Crippen LogP contribution < -0.4 is 4.74 Å². The zero-order valence-electron chi connectivity index (χ0n) is 17.2. The van der Waals surface area contributed by atoms with Crippen molar-refractivity contribution in [2.24, 2.45) is 5.92 Å². The quantitative estimate of drug-likeness (QED) is 0.573. The van der Waals surface area contributed by atoms with E-state index in [9.17, 15) is 17.9 Å². The van der Waals surface area contributed by atoms with Crippen LogP contribution in [0.25, 0.3) is 5.03 Å². The molecule has 0 fully saturated rings. The van der Waals surface area contributed by atoms with E-state index >= 15 is 0 Å². The minimum atomic E-state index is -3.99. The second-order valence-electron chi connectivity index (χ2n) is 7.82. The summed E-state index contributed by atoms with van der Waals surface area (Å²) in [6.45, 7) is 3.50. The van der Waals surface area contributed by atoms with E-state index in [2.05, 4.69) is 0 Å². The lowest BCUT2D eigenvalue weighted by molar-refractivity contribution is 0.171. The van der Waals surface area contributed by atoms with E-state index in [4.69, 9.17) is 27.9 Å². The van der Waals surface area contributed by atoms with Crippen LogP contribution in [0.5, 0.6) is 5.75 Å². The summed E-state index contributed by atoms with van der Waals surface area (Å²) in [5, 5.41) is 10.7. The zero-order valence-corrected chi connectivity index (χ0v) is 19.5. The summed E-state index contributed by atoms with van der Waals surface area (Å²) >= 11 is 12.4. The number of rotatable bonds is 8. The minimum Gasteiger partial charge on any atom is -0.488 e. The van der Waals surface area contributed by atoms with Gasteiger partial charge in [-0.2, -0.15) is 4.31 Å². The highest BCUT2D eigenvalue weighted by molar-refractivity contribution is 7.89. The van der Waals surface area contributed by atoms with E-state index in [-0.39, 0.29) is 35.6 Å². The Morgan fingerprint density at radius 3 is 2.45 bits per heavy atom. The summed E-state index contributed by atoms with van der Waals surface area (Å²) in [6.07, 6.45) is 0.445. The summed E-state index contributed by atoms with van der Waals surface area (Å²) < 4.78 is 47.7. The molecule has 31 heavy (non-hydrogen) atoms. The van der Waals surface area contributed by atoms with Crippen LogP contribution in [-0.4, -0.2) is 43.6 Å². The number of halogens is 3. The Morgan fingerprint density at radius 2 is 1.84 bits per heavy atom. The lowest BCUT2D eigenvalue weighted by Gasteiger charge is -2.33. The van der Waals surface area contributed by atoms with Crippen molar-refractivity contribution in [2.75, 3.05) is 19.8 Å². The van der Waals surface area contributed by atoms with Gasteiger partial charge in [-0.3, -0.25) is 0 Å². The van der Waals surface area contributed by atoms with Crippen molar-refractivity contribution in [1.82, 2.24) is 4.31 Å². The highest BCUT2D eigenvalue weighted by Crippen LogP contribution is 2.37. The van der Waals surface area contributed by atoms with Crippen LogP contribution in [0, 0.1) is 11.7 Å². The molecule has 2 aromatic rings. The standard InChI is InChI=1S/C22H24Cl2FNO4S/c1-14(2)9-18(12-27)26(31(28,29)19-6-3-16(23)4-7-19)11-15-13-30-21-8-5-17(25)10-20(21)22(15)24/h3-8,10,14,18,27H,9,11-13H2,1-2H3/t18-/m1/s1. The second kappa shape index (κ2) is 9.88. The first-order valence-corrected chi connectivity index (χ1v) is 12.0. The van der Waals surface area contributed by atoms with Crippen LogP contribution in [0.1, 0.15) is 25.8 Å². The van der Waals surface area contributed by atoms with Gasteiger partial charge in [-0.25, -0.2) is 12.8 Å². The average Bonchev–Trinajstić information content (AvgIpc) is 2.72. The largest absolute Gasteiger partial charge is 0.488 e. The molecule has 0 amide bonds. The van der Waals surface area contributed by atoms with Gasteiger partial charge in [-0.05, 0) is 54.8 Å². The molecule has 0 saturated carbocycles. The minimum absolute atomic E-state index is 0.0546. The van der Waals surface area contributed by atoms with Crippen LogP contribution in [0.4, 0.5) is 4.39 Å². The van der Waals surface area contributed by atoms with Crippen molar-refractivity contribution in [3.63, 3.8) is 0 Å². The average molecular weight is 488 g/mol. The molecule has 2 aromatic carbocycles. The van der Waals surface area contributed by atoms with Crippen LogP contribution in [0.3, 0.4) is 0 Å². The van der Waals surface area contributed by atoms with E-state index in [0.29, 0.717) is 28.3 Å². The number of sulfonamides is 1. The van der Waals surface area contributed by atoms with E-state index in [1.807, 2.05) is 13.8 Å². The molecule has 1 atom stereocenters. The first-order chi connectivity index (χ1) is 14.6. The van der Waals surface area contributed by atoms with Crippen molar-refractivity contribution < 1.29 is 22.7 Å². The Bertz CT molecular complexity index is 1070. The monoisotopic (exact) mass is 487 g/mol. The highest BCUT2D eigenvalue weighted by atomic mass is 35.5. The molecule has 0 bridgehead atoms. The fourth-order valence-electron chi connectivity index (χ4n) is 3.50. The smallest absolute Gasteiger partial charge is 0.243 e. The Balaban J connectivity index is 2.05. The van der Waals surface area contributed by atoms with Crippen molar-refractivity contribution >= 4 is 38.3 Å². The molecule has 0 spiro atoms. The molecule has 0 aliphatic carbocycles. The predicted molar refractivity (Wildman–Crippen MR) is 120 cm³/mol. The molecule has 5 nitrogen and oxygen atoms in total. The van der Waals surface area contributed by atoms with Crippen LogP contribution in [0.2, 0.25) is 5.02 Å². The number of aliphatic hydroxyl groups excluding tert-OH is 1. The van der Waals surface area contributed by atoms with E-state index in [0.717, 1.165) is 0 Å². The maximum absolute atomic E-state index is 13.7. The van der Waals surface area contributed by atoms with Gasteiger partial charge >= 0.3 is 0 Å². The number of ether oxygens (including phenoxy) is 1. The zero-order chi connectivity index (χ0) is 22.8. The fraction of sp³-hybridized carbons (Fsp3) is 0.364. The van der Waals surface area contributed by atoms with E-state index < -0.39 is 21.9 Å². The molecule has 9 heteroatoms. The van der Waals surface area contributed by atoms with Crippen LogP contribution in [-0.2, 0) is 10.0 Å². The topological polar surface area (TPSA) is 66.8 Å². The van der Waals surface area contributed by atoms with Crippen molar-refractivity contribution in [1.29, 1.82) is 0 Å². The lowest BCUT2D eigenvalue weighted by atomic mass is 10.0. The van der Waals surface area contributed by atoms with Crippen molar-refractivity contribution in [3.05, 3.63) is 64.4 Å². The molecule has 1 N–H and O–H groups in total. The maximum Gasteiger partial charge on any atom is 0.243 e. The molecule has 1 heterocycles. The Morgan fingerprint density at radius 1 is 1.16 bits per heavy atom. The number of hydrogen-bond acceptors (Lipinski definition) is 4. The number of benzene rings is 2. The van der Waals surface area contributed by atoms with Gasteiger partial charge in [0.05, 0.1) is 16.5 Å². The van der Waals surface area contributed by atoms with Crippen LogP contribution >= 0.6 is 23.2 Å². The van der Waals surface area contributed by atoms with Gasteiger partial charge in [0.1, 0.15) is 18.2 Å². The molecular weight excluding hydrogens is 464 g/mol. The third kappa shape index (κ3) is 5.41. The second-order valence-corrected chi connectivity index (χ2v) is 10.5. The van der Waals surface area contributed by atoms with Crippen LogP contribution in [0.15, 0.2) is 52.9 Å². The molecule has 1 aliphatic heterocycles. The van der Waals surface area contributed by atoms with Gasteiger partial charge in [0.15, 0.2) is 0 Å². The van der Waals surface area contributed by atoms with Gasteiger partial charge in [-0.1, -0.05) is 37.0 Å². The molecule has 0 unspecified atom stereocenters. The summed E-state index contributed by atoms with van der Waals surface area (Å²) in [4.78, 5) is 0.0546. The molecule has 0 saturated heterocycles. The Labute approximate surface area is 192 Å². The SMILES string of the molecule is CC(C)C[C@H](CO)N(CC1=C(Cl)c2cc(F)ccc2OC1)S(=O)(=O)c1ccc(Cl)cc1. The van der Waals surface area contributed by atoms with E-state index in [1.165, 1.54) is 46.8 Å². The summed E-state index contributed by atoms with van der Waals surface area (Å²) in [5.74, 6) is 0.102. The maximum atomic E-state index is 13.7. The fourth-order valence-corrected chi connectivity index (χ4v) is 5.51. The third-order valence-electron chi connectivity index (χ3n) is 5.02. The molecule has 3 rings (SSSR count). The first-order valence-electron chi connectivity index (χ1n) is 9.82. The molecule has 0 aromatic heterocycles. The van der Waals surface area contributed by atoms with Gasteiger partial charge in [0, 0.05) is 28.7 Å². The molecule has 0 radical (unpaired) electrons. The summed E-state index contributed by atoms with van der Waals surface area (Å²) in [5.41, 5.74) is 0.857. The lowest BCUT2D eigenvalue weighted by Crippen LogP contribution is -2.45. The highest BCUT2D eigenvalue weighted by Gasteiger charge is 2.34. The number of nitrogens with zero attached hydrogens (tertiary/aromatic N) is 1. The summed E-state index contributed by atoms with van der Waals surface area (Å²) in [6, 6.07) is 9.19. The third-order valence-corrected chi connectivity index (χ3v) is 7.65. The molecular formula is C22H24Cl2FNO4S. The number of hydrogen-bond donors (Lipinski definition) is 1. The first kappa shape index (κ1) is 24.0. The number of fused-ring (bicyclic) bond motifs is 1. The van der Waals surface area contributed by atoms with Gasteiger partial charge in [0.25, 0.3) is 0 Å². The van der Waals surface area contributed by atoms with E-state index in [1.54, 1.807) is 0 Å². The molecule has 168 valence electrons. The summed E-state index contributed by atoms with van der Waals surface area (Å²) in [7, 11) is -3.99. The number of aliphatic hydroxyl groups is 1.